The molecule has 0 aliphatic carbocycles. The van der Waals surface area contributed by atoms with Gasteiger partial charge in [-0.15, -0.1) is 0 Å². The van der Waals surface area contributed by atoms with Gasteiger partial charge in [0, 0.05) is 30.5 Å². The summed E-state index contributed by atoms with van der Waals surface area (Å²) in [7, 11) is 4.10. The van der Waals surface area contributed by atoms with Crippen LogP contribution in [0.3, 0.4) is 0 Å². The van der Waals surface area contributed by atoms with Crippen molar-refractivity contribution in [3.05, 3.63) is 24.3 Å². The number of carbonyl (C=O) groups is 1. The number of likely N-dealkylation sites (N-methyl/N-ethyl adjacent to an activating group) is 1. The maximum Gasteiger partial charge on any atom is 0.321 e. The molecule has 1 aliphatic rings. The van der Waals surface area contributed by atoms with Crippen LogP contribution >= 0.6 is 0 Å². The number of nitrogen functional groups attached to an aromatic ring is 1. The Bertz CT molecular complexity index is 416. The fourth-order valence-electron chi connectivity index (χ4n) is 2.12. The van der Waals surface area contributed by atoms with E-state index in [9.17, 15) is 4.79 Å². The van der Waals surface area contributed by atoms with Crippen molar-refractivity contribution in [2.75, 3.05) is 38.2 Å². The third-order valence-electron chi connectivity index (χ3n) is 3.34. The van der Waals surface area contributed by atoms with Gasteiger partial charge in [-0.3, -0.25) is 0 Å². The standard InChI is InChI=1S/C13H20N4O/c1-16(2)12-7-8-17(9-12)13(18)15-11-5-3-10(14)4-6-11/h3-6,12H,7-9,14H2,1-2H3,(H,15,18). The van der Waals surface area contributed by atoms with Gasteiger partial charge in [0.1, 0.15) is 0 Å². The fourth-order valence-corrected chi connectivity index (χ4v) is 2.12. The highest BCUT2D eigenvalue weighted by molar-refractivity contribution is 5.89. The van der Waals surface area contributed by atoms with Crippen LogP contribution in [-0.4, -0.2) is 49.1 Å². The van der Waals surface area contributed by atoms with Crippen LogP contribution < -0.4 is 11.1 Å². The first-order chi connectivity index (χ1) is 8.56. The summed E-state index contributed by atoms with van der Waals surface area (Å²) in [6, 6.07) is 7.61. The van der Waals surface area contributed by atoms with Crippen LogP contribution in [0.1, 0.15) is 6.42 Å². The third-order valence-corrected chi connectivity index (χ3v) is 3.34. The molecule has 3 N–H and O–H groups in total. The first kappa shape index (κ1) is 12.7. The lowest BCUT2D eigenvalue weighted by Gasteiger charge is -2.20. The van der Waals surface area contributed by atoms with Crippen LogP contribution in [-0.2, 0) is 0 Å². The third kappa shape index (κ3) is 2.92. The van der Waals surface area contributed by atoms with Crippen molar-refractivity contribution in [2.24, 2.45) is 0 Å². The van der Waals surface area contributed by atoms with Crippen molar-refractivity contribution in [3.8, 4) is 0 Å². The van der Waals surface area contributed by atoms with Gasteiger partial charge in [-0.1, -0.05) is 0 Å². The zero-order chi connectivity index (χ0) is 13.1. The molecule has 1 fully saturated rings. The molecule has 1 heterocycles. The molecule has 1 aliphatic heterocycles. The number of benzene rings is 1. The van der Waals surface area contributed by atoms with Crippen molar-refractivity contribution in [1.82, 2.24) is 9.80 Å². The summed E-state index contributed by atoms with van der Waals surface area (Å²) in [5.74, 6) is 0. The van der Waals surface area contributed by atoms with Gasteiger partial charge < -0.3 is 20.9 Å². The van der Waals surface area contributed by atoms with E-state index in [0.29, 0.717) is 11.7 Å². The van der Waals surface area contributed by atoms with E-state index in [2.05, 4.69) is 10.2 Å². The van der Waals surface area contributed by atoms with E-state index in [1.54, 1.807) is 12.1 Å². The van der Waals surface area contributed by atoms with Gasteiger partial charge in [-0.05, 0) is 44.8 Å². The molecule has 18 heavy (non-hydrogen) atoms. The van der Waals surface area contributed by atoms with E-state index in [4.69, 9.17) is 5.73 Å². The zero-order valence-electron chi connectivity index (χ0n) is 10.9. The Morgan fingerprint density at radius 2 is 2.06 bits per heavy atom. The zero-order valence-corrected chi connectivity index (χ0v) is 10.9. The molecule has 2 amide bonds. The second kappa shape index (κ2) is 5.27. The predicted molar refractivity (Wildman–Crippen MR) is 73.5 cm³/mol. The fraction of sp³-hybridized carbons (Fsp3) is 0.462. The molecule has 98 valence electrons. The van der Waals surface area contributed by atoms with Gasteiger partial charge in [0.15, 0.2) is 0 Å². The van der Waals surface area contributed by atoms with Gasteiger partial charge >= 0.3 is 6.03 Å². The summed E-state index contributed by atoms with van der Waals surface area (Å²) >= 11 is 0. The second-order valence-electron chi connectivity index (χ2n) is 4.90. The molecule has 1 unspecified atom stereocenters. The van der Waals surface area contributed by atoms with E-state index >= 15 is 0 Å². The summed E-state index contributed by atoms with van der Waals surface area (Å²) in [6.07, 6.45) is 1.03. The molecule has 1 aromatic carbocycles. The van der Waals surface area contributed by atoms with Crippen molar-refractivity contribution < 1.29 is 4.79 Å². The number of nitrogens with one attached hydrogen (secondary N) is 1. The number of amides is 2. The molecule has 5 nitrogen and oxygen atoms in total. The van der Waals surface area contributed by atoms with E-state index in [-0.39, 0.29) is 6.03 Å². The van der Waals surface area contributed by atoms with Crippen molar-refractivity contribution >= 4 is 17.4 Å². The Balaban J connectivity index is 1.91. The number of nitrogens with zero attached hydrogens (tertiary/aromatic N) is 2. The second-order valence-corrected chi connectivity index (χ2v) is 4.90. The molecule has 2 rings (SSSR count). The molecule has 0 aromatic heterocycles. The summed E-state index contributed by atoms with van der Waals surface area (Å²) in [5, 5.41) is 2.88. The number of hydrogen-bond acceptors (Lipinski definition) is 3. The normalized spacial score (nSPS) is 19.3. The topological polar surface area (TPSA) is 61.6 Å². The van der Waals surface area contributed by atoms with Crippen LogP contribution in [0.25, 0.3) is 0 Å². The Hall–Kier alpha value is -1.75. The number of urea groups is 1. The maximum atomic E-state index is 12.0. The molecule has 0 radical (unpaired) electrons. The highest BCUT2D eigenvalue weighted by Crippen LogP contribution is 2.16. The van der Waals surface area contributed by atoms with Crippen molar-refractivity contribution in [1.29, 1.82) is 0 Å². The molecule has 0 spiro atoms. The van der Waals surface area contributed by atoms with Gasteiger partial charge in [0.25, 0.3) is 0 Å². The van der Waals surface area contributed by atoms with Crippen LogP contribution in [0, 0.1) is 0 Å². The van der Waals surface area contributed by atoms with E-state index < -0.39 is 0 Å². The molecular formula is C13H20N4O. The first-order valence-electron chi connectivity index (χ1n) is 6.14. The molecule has 0 bridgehead atoms. The van der Waals surface area contributed by atoms with Crippen LogP contribution in [0.15, 0.2) is 24.3 Å². The molecule has 0 saturated carbocycles. The average Bonchev–Trinajstić information content (AvgIpc) is 2.81. The summed E-state index contributed by atoms with van der Waals surface area (Å²) in [6.45, 7) is 1.59. The van der Waals surface area contributed by atoms with Crippen LogP contribution in [0.2, 0.25) is 0 Å². The van der Waals surface area contributed by atoms with E-state index in [1.165, 1.54) is 0 Å². The van der Waals surface area contributed by atoms with E-state index in [0.717, 1.165) is 25.2 Å². The highest BCUT2D eigenvalue weighted by atomic mass is 16.2. The monoisotopic (exact) mass is 248 g/mol. The largest absolute Gasteiger partial charge is 0.399 e. The summed E-state index contributed by atoms with van der Waals surface area (Å²) in [5.41, 5.74) is 7.08. The lowest BCUT2D eigenvalue weighted by Crippen LogP contribution is -2.36. The average molecular weight is 248 g/mol. The lowest BCUT2D eigenvalue weighted by atomic mass is 10.2. The van der Waals surface area contributed by atoms with Gasteiger partial charge in [0.2, 0.25) is 0 Å². The molecule has 5 heteroatoms. The Kier molecular flexibility index (Phi) is 3.72. The number of hydrogen-bond donors (Lipinski definition) is 2. The quantitative estimate of drug-likeness (QED) is 0.778. The minimum absolute atomic E-state index is 0.0379. The molecular weight excluding hydrogens is 228 g/mol. The molecule has 1 atom stereocenters. The minimum Gasteiger partial charge on any atom is -0.399 e. The smallest absolute Gasteiger partial charge is 0.321 e. The van der Waals surface area contributed by atoms with Gasteiger partial charge in [-0.2, -0.15) is 0 Å². The summed E-state index contributed by atoms with van der Waals surface area (Å²) < 4.78 is 0. The Morgan fingerprint density at radius 1 is 1.39 bits per heavy atom. The minimum atomic E-state index is -0.0379. The predicted octanol–water partition coefficient (Wildman–Crippen LogP) is 1.44. The summed E-state index contributed by atoms with van der Waals surface area (Å²) in [4.78, 5) is 16.0. The van der Waals surface area contributed by atoms with Crippen LogP contribution in [0.5, 0.6) is 0 Å². The first-order valence-corrected chi connectivity index (χ1v) is 6.14. The number of anilines is 2. The molecule has 1 saturated heterocycles. The Labute approximate surface area is 108 Å². The van der Waals surface area contributed by atoms with Crippen LogP contribution in [0.4, 0.5) is 16.2 Å². The van der Waals surface area contributed by atoms with Crippen molar-refractivity contribution in [3.63, 3.8) is 0 Å². The lowest BCUT2D eigenvalue weighted by molar-refractivity contribution is 0.216. The van der Waals surface area contributed by atoms with Gasteiger partial charge in [-0.25, -0.2) is 4.79 Å². The number of carbonyl (C=O) groups excluding carboxylic acids is 1. The molecule has 1 aromatic rings. The maximum absolute atomic E-state index is 12.0. The van der Waals surface area contributed by atoms with Gasteiger partial charge in [0.05, 0.1) is 0 Å². The number of likely N-dealkylation sites (tertiary alicyclic amines) is 1. The SMILES string of the molecule is CN(C)C1CCN(C(=O)Nc2ccc(N)cc2)C1. The number of rotatable bonds is 2. The Morgan fingerprint density at radius 3 is 2.61 bits per heavy atom. The number of nitrogens with two attached hydrogens (primary N) is 1. The van der Waals surface area contributed by atoms with Crippen molar-refractivity contribution in [2.45, 2.75) is 12.5 Å². The van der Waals surface area contributed by atoms with E-state index in [1.807, 2.05) is 31.1 Å². The highest BCUT2D eigenvalue weighted by Gasteiger charge is 2.27.